The molecular weight excluding hydrogens is 348 g/mol. The number of nitrogens with zero attached hydrogens (tertiary/aromatic N) is 2. The number of amides is 2. The van der Waals surface area contributed by atoms with Gasteiger partial charge in [0, 0.05) is 35.8 Å². The van der Waals surface area contributed by atoms with E-state index in [9.17, 15) is 4.79 Å². The molecule has 26 heavy (non-hydrogen) atoms. The van der Waals surface area contributed by atoms with Crippen LogP contribution in [0.2, 0.25) is 0 Å². The van der Waals surface area contributed by atoms with Crippen molar-refractivity contribution in [3.05, 3.63) is 54.4 Å². The number of aromatic nitrogens is 1. The van der Waals surface area contributed by atoms with Gasteiger partial charge in [-0.1, -0.05) is 6.07 Å². The highest BCUT2D eigenvalue weighted by Crippen LogP contribution is 2.65. The van der Waals surface area contributed by atoms with E-state index in [4.69, 9.17) is 4.74 Å². The lowest BCUT2D eigenvalue weighted by atomic mass is 10.2. The fourth-order valence-electron chi connectivity index (χ4n) is 3.68. The van der Waals surface area contributed by atoms with Gasteiger partial charge in [-0.05, 0) is 54.8 Å². The number of ether oxygens (including phenoxy) is 1. The van der Waals surface area contributed by atoms with Gasteiger partial charge in [0.25, 0.3) is 0 Å². The number of benzene rings is 1. The lowest BCUT2D eigenvalue weighted by Gasteiger charge is -2.22. The van der Waals surface area contributed by atoms with E-state index in [0.29, 0.717) is 18.2 Å². The number of carbonyl (C=O) groups is 1. The van der Waals surface area contributed by atoms with E-state index in [2.05, 4.69) is 19.9 Å². The Morgan fingerprint density at radius 1 is 1.27 bits per heavy atom. The summed E-state index contributed by atoms with van der Waals surface area (Å²) >= 11 is 1.77. The highest BCUT2D eigenvalue weighted by atomic mass is 32.2. The first-order valence-corrected chi connectivity index (χ1v) is 9.64. The van der Waals surface area contributed by atoms with Crippen LogP contribution in [0.4, 0.5) is 10.5 Å². The second kappa shape index (κ2) is 6.26. The molecule has 1 spiro atoms. The zero-order valence-corrected chi connectivity index (χ0v) is 15.0. The number of epoxide rings is 1. The first kappa shape index (κ1) is 16.1. The Morgan fingerprint density at radius 3 is 2.92 bits per heavy atom. The van der Waals surface area contributed by atoms with Gasteiger partial charge < -0.3 is 15.4 Å². The Morgan fingerprint density at radius 2 is 2.15 bits per heavy atom. The van der Waals surface area contributed by atoms with Crippen molar-refractivity contribution in [1.82, 2.24) is 14.6 Å². The van der Waals surface area contributed by atoms with Crippen LogP contribution < -0.4 is 10.6 Å². The number of pyridine rings is 1. The topological polar surface area (TPSA) is 69.8 Å². The van der Waals surface area contributed by atoms with E-state index < -0.39 is 0 Å². The summed E-state index contributed by atoms with van der Waals surface area (Å²) in [7, 11) is 0. The van der Waals surface area contributed by atoms with Crippen LogP contribution in [0.1, 0.15) is 12.1 Å². The van der Waals surface area contributed by atoms with Crippen molar-refractivity contribution in [3.63, 3.8) is 0 Å². The average molecular weight is 368 g/mol. The van der Waals surface area contributed by atoms with E-state index in [1.54, 1.807) is 18.1 Å². The van der Waals surface area contributed by atoms with Crippen LogP contribution in [0.25, 0.3) is 0 Å². The van der Waals surface area contributed by atoms with Crippen LogP contribution in [0.5, 0.6) is 0 Å². The molecule has 5 rings (SSSR count). The van der Waals surface area contributed by atoms with E-state index in [1.807, 2.05) is 42.5 Å². The van der Waals surface area contributed by atoms with Gasteiger partial charge in [0.1, 0.15) is 11.7 Å². The maximum absolute atomic E-state index is 12.0. The summed E-state index contributed by atoms with van der Waals surface area (Å²) in [6.45, 7) is 2.52. The second-order valence-electron chi connectivity index (χ2n) is 7.05. The van der Waals surface area contributed by atoms with Crippen molar-refractivity contribution in [1.29, 1.82) is 0 Å². The number of hydrogen-bond acceptors (Lipinski definition) is 5. The molecule has 2 amide bonds. The molecule has 1 aromatic heterocycles. The number of anilines is 1. The standard InChI is InChI=1S/C19H20N4O2S/c24-18(21-10-15-3-1-2-8-20-15)22-14-4-6-16(7-5-14)26-23-11-13-9-19(13)17(12-23)25-19/h1-8,13,17H,9-12H2,(H2,21,22,24). The molecule has 3 unspecified atom stereocenters. The van der Waals surface area contributed by atoms with Crippen LogP contribution in [-0.4, -0.2) is 40.1 Å². The van der Waals surface area contributed by atoms with Crippen molar-refractivity contribution < 1.29 is 9.53 Å². The lowest BCUT2D eigenvalue weighted by molar-refractivity contribution is 0.251. The maximum Gasteiger partial charge on any atom is 0.319 e. The number of nitrogens with one attached hydrogen (secondary N) is 2. The van der Waals surface area contributed by atoms with Crippen LogP contribution in [0.15, 0.2) is 53.6 Å². The lowest BCUT2D eigenvalue weighted by Crippen LogP contribution is -2.30. The number of piperidine rings is 1. The Bertz CT molecular complexity index is 796. The Kier molecular flexibility index (Phi) is 3.88. The molecule has 3 aliphatic rings. The van der Waals surface area contributed by atoms with E-state index in [1.165, 1.54) is 11.3 Å². The molecule has 3 atom stereocenters. The molecule has 6 nitrogen and oxygen atoms in total. The van der Waals surface area contributed by atoms with Crippen LogP contribution in [0.3, 0.4) is 0 Å². The molecule has 2 saturated heterocycles. The number of urea groups is 1. The van der Waals surface area contributed by atoms with Crippen LogP contribution >= 0.6 is 11.9 Å². The first-order valence-electron chi connectivity index (χ1n) is 8.87. The summed E-state index contributed by atoms with van der Waals surface area (Å²) in [5, 5.41) is 5.66. The summed E-state index contributed by atoms with van der Waals surface area (Å²) in [6, 6.07) is 13.4. The van der Waals surface area contributed by atoms with Crippen molar-refractivity contribution >= 4 is 23.7 Å². The molecule has 2 aliphatic heterocycles. The quantitative estimate of drug-likeness (QED) is 0.627. The molecule has 1 aromatic carbocycles. The minimum absolute atomic E-state index is 0.233. The third kappa shape index (κ3) is 3.18. The number of rotatable bonds is 5. The zero-order valence-electron chi connectivity index (χ0n) is 14.2. The molecule has 3 heterocycles. The maximum atomic E-state index is 12.0. The van der Waals surface area contributed by atoms with E-state index >= 15 is 0 Å². The SMILES string of the molecule is O=C(NCc1ccccn1)Nc1ccc(SN2CC3CC34OC4C2)cc1. The van der Waals surface area contributed by atoms with Crippen LogP contribution in [0, 0.1) is 5.92 Å². The zero-order chi connectivity index (χ0) is 17.6. The van der Waals surface area contributed by atoms with Gasteiger partial charge in [-0.2, -0.15) is 0 Å². The molecule has 7 heteroatoms. The summed E-state index contributed by atoms with van der Waals surface area (Å²) in [4.78, 5) is 17.4. The highest BCUT2D eigenvalue weighted by molar-refractivity contribution is 7.97. The third-order valence-corrected chi connectivity index (χ3v) is 6.28. The molecule has 0 bridgehead atoms. The van der Waals surface area contributed by atoms with Gasteiger partial charge in [-0.15, -0.1) is 0 Å². The monoisotopic (exact) mass is 368 g/mol. The summed E-state index contributed by atoms with van der Waals surface area (Å²) in [6.07, 6.45) is 3.41. The van der Waals surface area contributed by atoms with Crippen molar-refractivity contribution in [3.8, 4) is 0 Å². The van der Waals surface area contributed by atoms with Crippen molar-refractivity contribution in [2.24, 2.45) is 5.92 Å². The molecule has 2 N–H and O–H groups in total. The summed E-state index contributed by atoms with van der Waals surface area (Å²) in [5.41, 5.74) is 1.90. The predicted octanol–water partition coefficient (Wildman–Crippen LogP) is 2.88. The fourth-order valence-corrected chi connectivity index (χ4v) is 4.70. The smallest absolute Gasteiger partial charge is 0.319 e. The number of carbonyl (C=O) groups excluding carboxylic acids is 1. The Hall–Kier alpha value is -2.09. The van der Waals surface area contributed by atoms with Crippen LogP contribution in [-0.2, 0) is 11.3 Å². The summed E-state index contributed by atoms with van der Waals surface area (Å²) < 4.78 is 8.21. The molecule has 134 valence electrons. The van der Waals surface area contributed by atoms with E-state index in [0.717, 1.165) is 30.4 Å². The molecule has 1 saturated carbocycles. The fraction of sp³-hybridized carbons (Fsp3) is 0.368. The van der Waals surface area contributed by atoms with E-state index in [-0.39, 0.29) is 6.03 Å². The number of hydrogen-bond donors (Lipinski definition) is 2. The average Bonchev–Trinajstić information content (AvgIpc) is 3.54. The largest absolute Gasteiger partial charge is 0.364 e. The molecule has 1 aliphatic carbocycles. The highest BCUT2D eigenvalue weighted by Gasteiger charge is 2.75. The molecule has 0 radical (unpaired) electrons. The molecule has 3 fully saturated rings. The second-order valence-corrected chi connectivity index (χ2v) is 8.22. The van der Waals surface area contributed by atoms with Crippen molar-refractivity contribution in [2.75, 3.05) is 18.4 Å². The van der Waals surface area contributed by atoms with Gasteiger partial charge in [0.15, 0.2) is 0 Å². The van der Waals surface area contributed by atoms with Gasteiger partial charge in [-0.3, -0.25) is 4.98 Å². The Labute approximate surface area is 156 Å². The van der Waals surface area contributed by atoms with Crippen molar-refractivity contribution in [2.45, 2.75) is 29.6 Å². The van der Waals surface area contributed by atoms with Gasteiger partial charge in [-0.25, -0.2) is 9.10 Å². The Balaban J connectivity index is 1.11. The minimum atomic E-state index is -0.233. The first-order chi connectivity index (χ1) is 12.7. The summed E-state index contributed by atoms with van der Waals surface area (Å²) in [5.74, 6) is 0.734. The molecular formula is C19H20N4O2S. The predicted molar refractivity (Wildman–Crippen MR) is 99.7 cm³/mol. The third-order valence-electron chi connectivity index (χ3n) is 5.24. The molecule has 2 aromatic rings. The van der Waals surface area contributed by atoms with Gasteiger partial charge in [0.05, 0.1) is 12.2 Å². The minimum Gasteiger partial charge on any atom is -0.364 e. The van der Waals surface area contributed by atoms with Gasteiger partial charge in [0.2, 0.25) is 0 Å². The normalized spacial score (nSPS) is 28.6. The van der Waals surface area contributed by atoms with Gasteiger partial charge >= 0.3 is 6.03 Å².